The molecule has 1 aliphatic rings. The van der Waals surface area contributed by atoms with Gasteiger partial charge >= 0.3 is 0 Å². The molecule has 24 heavy (non-hydrogen) atoms. The van der Waals surface area contributed by atoms with Crippen molar-refractivity contribution in [3.8, 4) is 0 Å². The molecule has 148 valence electrons. The Bertz CT molecular complexity index is 158. The Hall–Kier alpha value is 0. The SMILES string of the molecule is CCC1CCC(CC)CC1.CCCCCCC.CCCCCCC. The molecule has 1 fully saturated rings. The van der Waals surface area contributed by atoms with E-state index < -0.39 is 0 Å². The highest BCUT2D eigenvalue weighted by Gasteiger charge is 2.17. The highest BCUT2D eigenvalue weighted by Crippen LogP contribution is 2.31. The van der Waals surface area contributed by atoms with Gasteiger partial charge in [-0.1, -0.05) is 144 Å². The molecule has 0 atom stereocenters. The Morgan fingerprint density at radius 2 is 0.667 bits per heavy atom. The lowest BCUT2D eigenvalue weighted by Gasteiger charge is -2.26. The first-order chi connectivity index (χ1) is 11.7. The van der Waals surface area contributed by atoms with Gasteiger partial charge in [-0.15, -0.1) is 0 Å². The van der Waals surface area contributed by atoms with Gasteiger partial charge < -0.3 is 0 Å². The van der Waals surface area contributed by atoms with Crippen molar-refractivity contribution in [1.29, 1.82) is 0 Å². The van der Waals surface area contributed by atoms with Crippen LogP contribution in [0.2, 0.25) is 0 Å². The van der Waals surface area contributed by atoms with Crippen LogP contribution in [0, 0.1) is 11.8 Å². The van der Waals surface area contributed by atoms with Gasteiger partial charge in [0.2, 0.25) is 0 Å². The van der Waals surface area contributed by atoms with E-state index in [1.165, 1.54) is 103 Å². The van der Waals surface area contributed by atoms with Crippen molar-refractivity contribution in [2.75, 3.05) is 0 Å². The fourth-order valence-electron chi connectivity index (χ4n) is 3.40. The predicted octanol–water partition coefficient (Wildman–Crippen LogP) is 9.57. The lowest BCUT2D eigenvalue weighted by Crippen LogP contribution is -2.12. The molecule has 0 heterocycles. The van der Waals surface area contributed by atoms with Crippen molar-refractivity contribution in [3.63, 3.8) is 0 Å². The zero-order chi connectivity index (χ0) is 18.5. The minimum absolute atomic E-state index is 1.07. The van der Waals surface area contributed by atoms with Gasteiger partial charge in [-0.25, -0.2) is 0 Å². The smallest absolute Gasteiger partial charge is 0.0417 e. The molecular weight excluding hydrogens is 288 g/mol. The summed E-state index contributed by atoms with van der Waals surface area (Å²) in [5.74, 6) is 2.14. The van der Waals surface area contributed by atoms with E-state index in [1.807, 2.05) is 0 Å². The average molecular weight is 341 g/mol. The lowest BCUT2D eigenvalue weighted by atomic mass is 9.80. The van der Waals surface area contributed by atoms with Gasteiger partial charge in [0.1, 0.15) is 0 Å². The Balaban J connectivity index is 0. The summed E-state index contributed by atoms with van der Waals surface area (Å²) < 4.78 is 0. The van der Waals surface area contributed by atoms with E-state index in [9.17, 15) is 0 Å². The molecule has 0 nitrogen and oxygen atoms in total. The first-order valence-corrected chi connectivity index (χ1v) is 11.7. The summed E-state index contributed by atoms with van der Waals surface area (Å²) in [4.78, 5) is 0. The monoisotopic (exact) mass is 340 g/mol. The van der Waals surface area contributed by atoms with E-state index in [2.05, 4.69) is 41.5 Å². The van der Waals surface area contributed by atoms with E-state index in [0.29, 0.717) is 0 Å². The van der Waals surface area contributed by atoms with Crippen LogP contribution in [0.25, 0.3) is 0 Å². The van der Waals surface area contributed by atoms with Crippen molar-refractivity contribution < 1.29 is 0 Å². The normalized spacial score (nSPS) is 19.8. The second-order valence-electron chi connectivity index (χ2n) is 7.82. The zero-order valence-corrected chi connectivity index (χ0v) is 18.5. The minimum atomic E-state index is 1.07. The minimum Gasteiger partial charge on any atom is -0.0654 e. The second-order valence-corrected chi connectivity index (χ2v) is 7.82. The van der Waals surface area contributed by atoms with Crippen LogP contribution in [0.3, 0.4) is 0 Å². The largest absolute Gasteiger partial charge is 0.0654 e. The van der Waals surface area contributed by atoms with Gasteiger partial charge in [-0.2, -0.15) is 0 Å². The summed E-state index contributed by atoms with van der Waals surface area (Å²) in [6.45, 7) is 13.6. The first kappa shape index (κ1) is 26.2. The molecule has 0 unspecified atom stereocenters. The molecule has 0 amide bonds. The molecule has 0 spiro atoms. The van der Waals surface area contributed by atoms with E-state index >= 15 is 0 Å². The van der Waals surface area contributed by atoms with Crippen molar-refractivity contribution in [2.24, 2.45) is 11.8 Å². The topological polar surface area (TPSA) is 0 Å². The Labute approximate surface area is 156 Å². The Morgan fingerprint density at radius 3 is 0.833 bits per heavy atom. The molecule has 0 aromatic rings. The van der Waals surface area contributed by atoms with Crippen LogP contribution < -0.4 is 0 Å². The lowest BCUT2D eigenvalue weighted by molar-refractivity contribution is 0.264. The molecule has 0 N–H and O–H groups in total. The van der Waals surface area contributed by atoms with Crippen LogP contribution in [-0.2, 0) is 0 Å². The highest BCUT2D eigenvalue weighted by atomic mass is 14.2. The summed E-state index contributed by atoms with van der Waals surface area (Å²) in [6.07, 6.45) is 22.9. The average Bonchev–Trinajstić information content (AvgIpc) is 2.64. The summed E-state index contributed by atoms with van der Waals surface area (Å²) in [5.41, 5.74) is 0. The molecule has 1 rings (SSSR count). The summed E-state index contributed by atoms with van der Waals surface area (Å²) >= 11 is 0. The van der Waals surface area contributed by atoms with Gasteiger partial charge in [0.15, 0.2) is 0 Å². The molecular formula is C24H52. The van der Waals surface area contributed by atoms with Crippen LogP contribution in [0.15, 0.2) is 0 Å². The van der Waals surface area contributed by atoms with Crippen LogP contribution >= 0.6 is 0 Å². The molecule has 0 bridgehead atoms. The van der Waals surface area contributed by atoms with Crippen LogP contribution in [0.5, 0.6) is 0 Å². The molecule has 1 aliphatic carbocycles. The maximum Gasteiger partial charge on any atom is -0.0417 e. The van der Waals surface area contributed by atoms with Crippen molar-refractivity contribution in [1.82, 2.24) is 0 Å². The van der Waals surface area contributed by atoms with Crippen LogP contribution in [-0.4, -0.2) is 0 Å². The van der Waals surface area contributed by atoms with Gasteiger partial charge in [0.25, 0.3) is 0 Å². The van der Waals surface area contributed by atoms with Crippen molar-refractivity contribution >= 4 is 0 Å². The highest BCUT2D eigenvalue weighted by molar-refractivity contribution is 4.70. The molecule has 0 aromatic heterocycles. The van der Waals surface area contributed by atoms with E-state index in [-0.39, 0.29) is 0 Å². The molecule has 0 aromatic carbocycles. The maximum atomic E-state index is 2.33. The van der Waals surface area contributed by atoms with Gasteiger partial charge in [0, 0.05) is 0 Å². The van der Waals surface area contributed by atoms with Crippen molar-refractivity contribution in [2.45, 2.75) is 144 Å². The third kappa shape index (κ3) is 20.0. The third-order valence-electron chi connectivity index (χ3n) is 5.54. The zero-order valence-electron chi connectivity index (χ0n) is 18.5. The molecule has 0 heteroatoms. The van der Waals surface area contributed by atoms with Crippen LogP contribution in [0.4, 0.5) is 0 Å². The van der Waals surface area contributed by atoms with Gasteiger partial charge in [0.05, 0.1) is 0 Å². The fourth-order valence-corrected chi connectivity index (χ4v) is 3.40. The summed E-state index contributed by atoms with van der Waals surface area (Å²) in [5, 5.41) is 0. The number of hydrogen-bond donors (Lipinski definition) is 0. The van der Waals surface area contributed by atoms with E-state index in [4.69, 9.17) is 0 Å². The standard InChI is InChI=1S/C10H20.2C7H16/c1-3-9-5-7-10(4-2)8-6-9;2*1-3-5-7-6-4-2/h9-10H,3-8H2,1-2H3;2*3-7H2,1-2H3. The van der Waals surface area contributed by atoms with E-state index in [1.54, 1.807) is 0 Å². The molecule has 0 saturated heterocycles. The Morgan fingerprint density at radius 1 is 0.417 bits per heavy atom. The van der Waals surface area contributed by atoms with E-state index in [0.717, 1.165) is 11.8 Å². The number of hydrogen-bond acceptors (Lipinski definition) is 0. The first-order valence-electron chi connectivity index (χ1n) is 11.7. The van der Waals surface area contributed by atoms with Gasteiger partial charge in [-0.3, -0.25) is 0 Å². The molecule has 1 saturated carbocycles. The quantitative estimate of drug-likeness (QED) is 0.347. The third-order valence-corrected chi connectivity index (χ3v) is 5.54. The fraction of sp³-hybridized carbons (Fsp3) is 1.00. The number of rotatable bonds is 10. The predicted molar refractivity (Wildman–Crippen MR) is 115 cm³/mol. The summed E-state index contributed by atoms with van der Waals surface area (Å²) in [7, 11) is 0. The molecule has 0 radical (unpaired) electrons. The second kappa shape index (κ2) is 23.0. The number of unbranched alkanes of at least 4 members (excludes halogenated alkanes) is 8. The Kier molecular flexibility index (Phi) is 25.1. The summed E-state index contributed by atoms with van der Waals surface area (Å²) in [6, 6.07) is 0. The van der Waals surface area contributed by atoms with Crippen LogP contribution in [0.1, 0.15) is 144 Å². The maximum absolute atomic E-state index is 2.33. The molecule has 0 aliphatic heterocycles. The van der Waals surface area contributed by atoms with Gasteiger partial charge in [-0.05, 0) is 11.8 Å². The van der Waals surface area contributed by atoms with Crippen molar-refractivity contribution in [3.05, 3.63) is 0 Å².